The molecule has 0 saturated carbocycles. The van der Waals surface area contributed by atoms with Gasteiger partial charge in [-0.2, -0.15) is 5.26 Å². The van der Waals surface area contributed by atoms with E-state index in [1.807, 2.05) is 6.07 Å². The molecule has 0 aliphatic heterocycles. The molecule has 0 saturated heterocycles. The lowest BCUT2D eigenvalue weighted by Gasteiger charge is -2.13. The first-order valence-electron chi connectivity index (χ1n) is 6.58. The number of halogens is 1. The van der Waals surface area contributed by atoms with Gasteiger partial charge in [-0.25, -0.2) is 4.39 Å². The van der Waals surface area contributed by atoms with E-state index in [1.165, 1.54) is 31.4 Å². The highest BCUT2D eigenvalue weighted by molar-refractivity contribution is 5.33. The Morgan fingerprint density at radius 1 is 1.33 bits per heavy atom. The lowest BCUT2D eigenvalue weighted by Crippen LogP contribution is -2.25. The first-order chi connectivity index (χ1) is 8.65. The van der Waals surface area contributed by atoms with Crippen molar-refractivity contribution in [3.63, 3.8) is 0 Å². The molecule has 0 bridgehead atoms. The molecule has 1 N–H and O–H groups in total. The Morgan fingerprint density at radius 2 is 2.11 bits per heavy atom. The summed E-state index contributed by atoms with van der Waals surface area (Å²) in [5, 5.41) is 12.1. The molecule has 0 radical (unpaired) electrons. The molecule has 2 nitrogen and oxygen atoms in total. The van der Waals surface area contributed by atoms with Gasteiger partial charge in [-0.15, -0.1) is 0 Å². The van der Waals surface area contributed by atoms with Gasteiger partial charge in [0.2, 0.25) is 0 Å². The number of benzene rings is 1. The van der Waals surface area contributed by atoms with Crippen LogP contribution in [0.5, 0.6) is 0 Å². The zero-order valence-corrected chi connectivity index (χ0v) is 11.2. The summed E-state index contributed by atoms with van der Waals surface area (Å²) < 4.78 is 13.2. The second-order valence-electron chi connectivity index (χ2n) is 4.74. The Labute approximate surface area is 109 Å². The van der Waals surface area contributed by atoms with Gasteiger partial charge in [0.15, 0.2) is 0 Å². The summed E-state index contributed by atoms with van der Waals surface area (Å²) in [6.45, 7) is 4.94. The minimum absolute atomic E-state index is 0.343. The number of nitrogens with one attached hydrogen (secondary N) is 1. The molecule has 0 amide bonds. The van der Waals surface area contributed by atoms with Crippen LogP contribution in [0.1, 0.15) is 50.7 Å². The fourth-order valence-corrected chi connectivity index (χ4v) is 1.91. The molecule has 0 aliphatic carbocycles. The third kappa shape index (κ3) is 5.29. The van der Waals surface area contributed by atoms with E-state index in [0.717, 1.165) is 12.0 Å². The van der Waals surface area contributed by atoms with Crippen LogP contribution in [0.25, 0.3) is 0 Å². The van der Waals surface area contributed by atoms with Crippen molar-refractivity contribution in [2.24, 2.45) is 0 Å². The van der Waals surface area contributed by atoms with Crippen molar-refractivity contribution >= 4 is 0 Å². The number of hydrogen-bond acceptors (Lipinski definition) is 2. The Morgan fingerprint density at radius 3 is 2.78 bits per heavy atom. The maximum atomic E-state index is 13.2. The molecule has 1 aromatic carbocycles. The molecule has 18 heavy (non-hydrogen) atoms. The quantitative estimate of drug-likeness (QED) is 0.746. The highest BCUT2D eigenvalue weighted by atomic mass is 19.1. The van der Waals surface area contributed by atoms with Crippen LogP contribution in [0.2, 0.25) is 0 Å². The maximum absolute atomic E-state index is 13.2. The highest BCUT2D eigenvalue weighted by Gasteiger charge is 2.04. The average molecular weight is 248 g/mol. The van der Waals surface area contributed by atoms with Crippen molar-refractivity contribution < 1.29 is 4.39 Å². The number of nitriles is 1. The van der Waals surface area contributed by atoms with Crippen LogP contribution in [0, 0.1) is 17.1 Å². The largest absolute Gasteiger partial charge is 0.310 e. The van der Waals surface area contributed by atoms with Crippen LogP contribution in [0.3, 0.4) is 0 Å². The lowest BCUT2D eigenvalue weighted by molar-refractivity contribution is 0.486. The summed E-state index contributed by atoms with van der Waals surface area (Å²) in [4.78, 5) is 0. The molecule has 0 heterocycles. The van der Waals surface area contributed by atoms with Gasteiger partial charge in [-0.1, -0.05) is 26.2 Å². The second kappa shape index (κ2) is 7.84. The molecular weight excluding hydrogens is 227 g/mol. The molecule has 1 aromatic rings. The van der Waals surface area contributed by atoms with Gasteiger partial charge >= 0.3 is 0 Å². The van der Waals surface area contributed by atoms with E-state index in [2.05, 4.69) is 19.2 Å². The molecule has 3 heteroatoms. The van der Waals surface area contributed by atoms with Crippen molar-refractivity contribution in [3.05, 3.63) is 35.1 Å². The third-order valence-electron chi connectivity index (χ3n) is 2.98. The first-order valence-corrected chi connectivity index (χ1v) is 6.58. The van der Waals surface area contributed by atoms with Gasteiger partial charge in [0.05, 0.1) is 11.6 Å². The second-order valence-corrected chi connectivity index (χ2v) is 4.74. The van der Waals surface area contributed by atoms with Crippen LogP contribution in [-0.4, -0.2) is 6.04 Å². The Balaban J connectivity index is 2.43. The summed E-state index contributed by atoms with van der Waals surface area (Å²) in [6.07, 6.45) is 4.83. The number of rotatable bonds is 7. The monoisotopic (exact) mass is 248 g/mol. The maximum Gasteiger partial charge on any atom is 0.124 e. The number of unbranched alkanes of at least 4 members (excludes halogenated alkanes) is 2. The van der Waals surface area contributed by atoms with E-state index in [1.54, 1.807) is 6.07 Å². The molecule has 1 rings (SSSR count). The van der Waals surface area contributed by atoms with E-state index >= 15 is 0 Å². The molecule has 0 aromatic heterocycles. The SMILES string of the molecule is CCCCCC(C)NCc1cc(F)cc(C#N)c1. The molecule has 1 unspecified atom stereocenters. The van der Waals surface area contributed by atoms with Gasteiger partial charge in [-0.3, -0.25) is 0 Å². The van der Waals surface area contributed by atoms with Crippen molar-refractivity contribution in [1.29, 1.82) is 5.26 Å². The van der Waals surface area contributed by atoms with E-state index in [9.17, 15) is 4.39 Å². The summed E-state index contributed by atoms with van der Waals surface area (Å²) in [5.74, 6) is -0.343. The molecule has 0 spiro atoms. The van der Waals surface area contributed by atoms with Crippen LogP contribution in [0.4, 0.5) is 4.39 Å². The lowest BCUT2D eigenvalue weighted by atomic mass is 10.1. The Kier molecular flexibility index (Phi) is 6.38. The minimum Gasteiger partial charge on any atom is -0.310 e. The normalized spacial score (nSPS) is 12.1. The van der Waals surface area contributed by atoms with Crippen molar-refractivity contribution in [1.82, 2.24) is 5.32 Å². The van der Waals surface area contributed by atoms with E-state index in [0.29, 0.717) is 18.2 Å². The summed E-state index contributed by atoms with van der Waals surface area (Å²) in [5.41, 5.74) is 1.21. The van der Waals surface area contributed by atoms with E-state index in [4.69, 9.17) is 5.26 Å². The minimum atomic E-state index is -0.343. The summed E-state index contributed by atoms with van der Waals surface area (Å²) in [7, 11) is 0. The molecule has 0 aliphatic rings. The van der Waals surface area contributed by atoms with Crippen LogP contribution < -0.4 is 5.32 Å². The van der Waals surface area contributed by atoms with Crippen molar-refractivity contribution in [3.8, 4) is 6.07 Å². The standard InChI is InChI=1S/C15H21FN2/c1-3-4-5-6-12(2)18-11-14-7-13(10-17)8-15(16)9-14/h7-9,12,18H,3-6,11H2,1-2H3. The first kappa shape index (κ1) is 14.7. The number of hydrogen-bond donors (Lipinski definition) is 1. The Bertz CT molecular complexity index is 409. The summed E-state index contributed by atoms with van der Waals surface area (Å²) in [6, 6.07) is 6.86. The van der Waals surface area contributed by atoms with Crippen molar-refractivity contribution in [2.75, 3.05) is 0 Å². The van der Waals surface area contributed by atoms with Gasteiger partial charge in [0.1, 0.15) is 5.82 Å². The Hall–Kier alpha value is -1.40. The predicted molar refractivity (Wildman–Crippen MR) is 71.6 cm³/mol. The van der Waals surface area contributed by atoms with Gasteiger partial charge < -0.3 is 5.32 Å². The fraction of sp³-hybridized carbons (Fsp3) is 0.533. The zero-order chi connectivity index (χ0) is 13.4. The smallest absolute Gasteiger partial charge is 0.124 e. The topological polar surface area (TPSA) is 35.8 Å². The molecule has 1 atom stereocenters. The van der Waals surface area contributed by atoms with Gasteiger partial charge in [0.25, 0.3) is 0 Å². The van der Waals surface area contributed by atoms with Gasteiger partial charge in [0, 0.05) is 12.6 Å². The van der Waals surface area contributed by atoms with E-state index in [-0.39, 0.29) is 5.82 Å². The van der Waals surface area contributed by atoms with Crippen LogP contribution in [0.15, 0.2) is 18.2 Å². The van der Waals surface area contributed by atoms with E-state index < -0.39 is 0 Å². The highest BCUT2D eigenvalue weighted by Crippen LogP contribution is 2.09. The van der Waals surface area contributed by atoms with Crippen molar-refractivity contribution in [2.45, 2.75) is 52.1 Å². The molecular formula is C15H21FN2. The fourth-order valence-electron chi connectivity index (χ4n) is 1.91. The molecule has 98 valence electrons. The number of nitrogens with zero attached hydrogens (tertiary/aromatic N) is 1. The van der Waals surface area contributed by atoms with Gasteiger partial charge in [-0.05, 0) is 37.1 Å². The summed E-state index contributed by atoms with van der Waals surface area (Å²) >= 11 is 0. The molecule has 0 fully saturated rings. The predicted octanol–water partition coefficient (Wildman–Crippen LogP) is 3.76. The zero-order valence-electron chi connectivity index (χ0n) is 11.2. The third-order valence-corrected chi connectivity index (χ3v) is 2.98. The van der Waals surface area contributed by atoms with Crippen LogP contribution in [-0.2, 0) is 6.54 Å². The van der Waals surface area contributed by atoms with Crippen LogP contribution >= 0.6 is 0 Å². The average Bonchev–Trinajstić information content (AvgIpc) is 2.36.